The molecule has 2 aliphatic carbocycles. The van der Waals surface area contributed by atoms with Gasteiger partial charge in [-0.25, -0.2) is 0 Å². The van der Waals surface area contributed by atoms with Crippen molar-refractivity contribution in [2.45, 2.75) is 74.0 Å². The average molecular weight is 447 g/mol. The van der Waals surface area contributed by atoms with Crippen LogP contribution < -0.4 is 4.90 Å². The second-order valence-electron chi connectivity index (χ2n) is 11.0. The highest BCUT2D eigenvalue weighted by molar-refractivity contribution is 7.99. The van der Waals surface area contributed by atoms with Gasteiger partial charge in [0.05, 0.1) is 11.4 Å². The Balaban J connectivity index is 1.10. The van der Waals surface area contributed by atoms with Crippen molar-refractivity contribution in [3.05, 3.63) is 48.5 Å². The smallest absolute Gasteiger partial charge is 0.0552 e. The first kappa shape index (κ1) is 21.1. The summed E-state index contributed by atoms with van der Waals surface area (Å²) in [6, 6.07) is 17.9. The summed E-state index contributed by atoms with van der Waals surface area (Å²) in [6.45, 7) is 5.06. The van der Waals surface area contributed by atoms with Gasteiger partial charge in [0, 0.05) is 22.9 Å². The third-order valence-corrected chi connectivity index (χ3v) is 10.1. The van der Waals surface area contributed by atoms with Gasteiger partial charge in [0.2, 0.25) is 0 Å². The highest BCUT2D eigenvalue weighted by Gasteiger charge is 2.43. The highest BCUT2D eigenvalue weighted by atomic mass is 32.2. The number of fused-ring (bicyclic) bond motifs is 3. The summed E-state index contributed by atoms with van der Waals surface area (Å²) in [6.07, 6.45) is 14.8. The molecular weight excluding hydrogens is 408 g/mol. The SMILES string of the molecule is c1ccc2c(c1)Sc1ccccc1N2CCCN1CCCC2(CCC3CCCCC3C2)C1. The van der Waals surface area contributed by atoms with Gasteiger partial charge in [-0.1, -0.05) is 61.7 Å². The number of piperidine rings is 1. The van der Waals surface area contributed by atoms with E-state index in [1.807, 2.05) is 11.8 Å². The van der Waals surface area contributed by atoms with Crippen LogP contribution in [0, 0.1) is 17.3 Å². The van der Waals surface area contributed by atoms with Gasteiger partial charge in [-0.05, 0) is 93.1 Å². The first-order chi connectivity index (χ1) is 15.8. The second-order valence-corrected chi connectivity index (χ2v) is 12.1. The summed E-state index contributed by atoms with van der Waals surface area (Å²) in [5.74, 6) is 2.12. The summed E-state index contributed by atoms with van der Waals surface area (Å²) in [5, 5.41) is 0. The molecule has 1 spiro atoms. The molecule has 3 heteroatoms. The third kappa shape index (κ3) is 4.12. The molecule has 2 heterocycles. The topological polar surface area (TPSA) is 6.48 Å². The number of rotatable bonds is 4. The lowest BCUT2D eigenvalue weighted by Crippen LogP contribution is -2.48. The third-order valence-electron chi connectivity index (χ3n) is 8.94. The van der Waals surface area contributed by atoms with Gasteiger partial charge in [-0.2, -0.15) is 0 Å². The minimum atomic E-state index is 0.651. The predicted molar refractivity (Wildman–Crippen MR) is 136 cm³/mol. The monoisotopic (exact) mass is 446 g/mol. The Hall–Kier alpha value is -1.45. The molecule has 3 unspecified atom stereocenters. The van der Waals surface area contributed by atoms with E-state index in [1.165, 1.54) is 105 Å². The Morgan fingerprint density at radius 3 is 2.28 bits per heavy atom. The molecule has 3 fully saturated rings. The average Bonchev–Trinajstić information content (AvgIpc) is 2.84. The Kier molecular flexibility index (Phi) is 5.98. The zero-order valence-corrected chi connectivity index (χ0v) is 20.3. The van der Waals surface area contributed by atoms with Gasteiger partial charge < -0.3 is 9.80 Å². The molecular formula is C29H38N2S. The normalized spacial score (nSPS) is 29.9. The largest absolute Gasteiger partial charge is 0.340 e. The van der Waals surface area contributed by atoms with Crippen LogP contribution in [-0.4, -0.2) is 31.1 Å². The molecule has 2 saturated carbocycles. The van der Waals surface area contributed by atoms with Gasteiger partial charge in [-0.15, -0.1) is 0 Å². The lowest BCUT2D eigenvalue weighted by atomic mass is 9.59. The van der Waals surface area contributed by atoms with Gasteiger partial charge >= 0.3 is 0 Å². The molecule has 0 amide bonds. The molecule has 0 aromatic heterocycles. The van der Waals surface area contributed by atoms with Gasteiger partial charge in [0.25, 0.3) is 0 Å². The van der Waals surface area contributed by atoms with E-state index in [-0.39, 0.29) is 0 Å². The molecule has 3 atom stereocenters. The van der Waals surface area contributed by atoms with Crippen LogP contribution in [-0.2, 0) is 0 Å². The fourth-order valence-electron chi connectivity index (χ4n) is 7.43. The molecule has 2 aromatic rings. The van der Waals surface area contributed by atoms with Crippen molar-refractivity contribution in [2.24, 2.45) is 17.3 Å². The maximum atomic E-state index is 2.84. The molecule has 6 rings (SSSR count). The van der Waals surface area contributed by atoms with Crippen molar-refractivity contribution in [1.82, 2.24) is 4.90 Å². The molecule has 2 aromatic carbocycles. The fourth-order valence-corrected chi connectivity index (χ4v) is 8.52. The van der Waals surface area contributed by atoms with E-state index in [1.54, 1.807) is 0 Å². The van der Waals surface area contributed by atoms with Crippen molar-refractivity contribution in [2.75, 3.05) is 31.1 Å². The van der Waals surface area contributed by atoms with E-state index < -0.39 is 0 Å². The summed E-state index contributed by atoms with van der Waals surface area (Å²) in [5.41, 5.74) is 3.43. The first-order valence-corrected chi connectivity index (χ1v) is 14.0. The van der Waals surface area contributed by atoms with E-state index in [2.05, 4.69) is 58.3 Å². The van der Waals surface area contributed by atoms with E-state index >= 15 is 0 Å². The standard InChI is InChI=1S/C29H38N2S/c1-2-10-24-21-29(17-15-23(24)9-1)16-7-18-30(22-29)19-8-20-31-25-11-3-5-13-27(25)32-28-14-6-4-12-26(28)31/h3-6,11-14,23-24H,1-2,7-10,15-22H2. The maximum absolute atomic E-state index is 2.84. The van der Waals surface area contributed by atoms with Crippen molar-refractivity contribution in [1.29, 1.82) is 0 Å². The maximum Gasteiger partial charge on any atom is 0.0552 e. The molecule has 2 aliphatic heterocycles. The molecule has 32 heavy (non-hydrogen) atoms. The Bertz CT molecular complexity index is 897. The number of nitrogens with zero attached hydrogens (tertiary/aromatic N) is 2. The van der Waals surface area contributed by atoms with E-state index in [0.29, 0.717) is 5.41 Å². The van der Waals surface area contributed by atoms with Crippen LogP contribution in [0.15, 0.2) is 58.3 Å². The number of benzene rings is 2. The minimum Gasteiger partial charge on any atom is -0.340 e. The summed E-state index contributed by atoms with van der Waals surface area (Å²) >= 11 is 1.92. The van der Waals surface area contributed by atoms with Crippen LogP contribution in [0.3, 0.4) is 0 Å². The molecule has 0 N–H and O–H groups in total. The first-order valence-electron chi connectivity index (χ1n) is 13.2. The lowest BCUT2D eigenvalue weighted by molar-refractivity contribution is -0.00277. The number of anilines is 2. The number of hydrogen-bond donors (Lipinski definition) is 0. The van der Waals surface area contributed by atoms with Crippen LogP contribution in [0.25, 0.3) is 0 Å². The van der Waals surface area contributed by atoms with Crippen molar-refractivity contribution in [3.63, 3.8) is 0 Å². The molecule has 1 saturated heterocycles. The molecule has 170 valence electrons. The lowest BCUT2D eigenvalue weighted by Gasteiger charge is -2.51. The summed E-state index contributed by atoms with van der Waals surface area (Å²) in [7, 11) is 0. The molecule has 4 aliphatic rings. The summed E-state index contributed by atoms with van der Waals surface area (Å²) < 4.78 is 0. The Labute approximate surface area is 198 Å². The van der Waals surface area contributed by atoms with Crippen molar-refractivity contribution in [3.8, 4) is 0 Å². The molecule has 2 nitrogen and oxygen atoms in total. The number of likely N-dealkylation sites (tertiary alicyclic amines) is 1. The zero-order valence-electron chi connectivity index (χ0n) is 19.5. The van der Waals surface area contributed by atoms with Crippen LogP contribution in [0.2, 0.25) is 0 Å². The Morgan fingerprint density at radius 2 is 1.50 bits per heavy atom. The van der Waals surface area contributed by atoms with Crippen LogP contribution >= 0.6 is 11.8 Å². The molecule has 0 radical (unpaired) electrons. The van der Waals surface area contributed by atoms with Crippen molar-refractivity contribution < 1.29 is 0 Å². The quantitative estimate of drug-likeness (QED) is 0.474. The summed E-state index contributed by atoms with van der Waals surface area (Å²) in [4.78, 5) is 8.21. The van der Waals surface area contributed by atoms with Crippen LogP contribution in [0.4, 0.5) is 11.4 Å². The van der Waals surface area contributed by atoms with E-state index in [9.17, 15) is 0 Å². The minimum absolute atomic E-state index is 0.651. The van der Waals surface area contributed by atoms with Gasteiger partial charge in [0.1, 0.15) is 0 Å². The van der Waals surface area contributed by atoms with Gasteiger partial charge in [-0.3, -0.25) is 0 Å². The Morgan fingerprint density at radius 1 is 0.781 bits per heavy atom. The number of para-hydroxylation sites is 2. The van der Waals surface area contributed by atoms with Crippen LogP contribution in [0.1, 0.15) is 64.2 Å². The van der Waals surface area contributed by atoms with E-state index in [4.69, 9.17) is 0 Å². The van der Waals surface area contributed by atoms with Crippen molar-refractivity contribution >= 4 is 23.1 Å². The number of hydrogen-bond acceptors (Lipinski definition) is 3. The second kappa shape index (κ2) is 9.06. The predicted octanol–water partition coefficient (Wildman–Crippen LogP) is 7.75. The highest BCUT2D eigenvalue weighted by Crippen LogP contribution is 2.52. The molecule has 0 bridgehead atoms. The van der Waals surface area contributed by atoms with Crippen LogP contribution in [0.5, 0.6) is 0 Å². The van der Waals surface area contributed by atoms with E-state index in [0.717, 1.165) is 18.4 Å². The fraction of sp³-hybridized carbons (Fsp3) is 0.586. The zero-order chi connectivity index (χ0) is 21.4. The van der Waals surface area contributed by atoms with Gasteiger partial charge in [0.15, 0.2) is 0 Å².